The van der Waals surface area contributed by atoms with E-state index in [2.05, 4.69) is 5.32 Å². The normalized spacial score (nSPS) is 12.0. The molecule has 0 aliphatic heterocycles. The minimum atomic E-state index is -1.41. The minimum Gasteiger partial charge on any atom is -0.548 e. The molecular weight excluding hydrogens is 240 g/mol. The Balaban J connectivity index is 3.92. The Morgan fingerprint density at radius 2 is 1.94 bits per heavy atom. The van der Waals surface area contributed by atoms with Crippen molar-refractivity contribution < 1.29 is 24.2 Å². The van der Waals surface area contributed by atoms with Crippen molar-refractivity contribution in [2.45, 2.75) is 25.8 Å². The predicted octanol–water partition coefficient (Wildman–Crippen LogP) is -1.87. The van der Waals surface area contributed by atoms with Crippen LogP contribution in [0.1, 0.15) is 19.8 Å². The van der Waals surface area contributed by atoms with Crippen LogP contribution in [0.5, 0.6) is 0 Å². The highest BCUT2D eigenvalue weighted by Gasteiger charge is 2.14. The highest BCUT2D eigenvalue weighted by Crippen LogP contribution is 1.99. The van der Waals surface area contributed by atoms with Gasteiger partial charge in [0.1, 0.15) is 6.61 Å². The number of carboxylic acid groups (broad SMARTS) is 1. The minimum absolute atomic E-state index is 0.0390. The first-order chi connectivity index (χ1) is 8.32. The van der Waals surface area contributed by atoms with Crippen LogP contribution in [0.15, 0.2) is 0 Å². The number of carbonyl (C=O) groups is 3. The van der Waals surface area contributed by atoms with Gasteiger partial charge >= 0.3 is 5.97 Å². The van der Waals surface area contributed by atoms with Crippen LogP contribution in [0.2, 0.25) is 0 Å². The first-order valence-electron chi connectivity index (χ1n) is 5.61. The van der Waals surface area contributed by atoms with Gasteiger partial charge in [0.15, 0.2) is 0 Å². The lowest BCUT2D eigenvalue weighted by molar-refractivity contribution is -0.308. The lowest BCUT2D eigenvalue weighted by Crippen LogP contribution is -2.47. The number of rotatable bonds is 8. The molecule has 0 aromatic heterocycles. The van der Waals surface area contributed by atoms with Gasteiger partial charge in [-0.3, -0.25) is 9.59 Å². The maximum Gasteiger partial charge on any atom is 0.305 e. The van der Waals surface area contributed by atoms with E-state index in [9.17, 15) is 19.5 Å². The van der Waals surface area contributed by atoms with Crippen LogP contribution in [0.25, 0.3) is 0 Å². The Labute approximate surface area is 106 Å². The standard InChI is InChI=1S/C11H20N2O5/c1-8(14)12-9(11(16)17)4-5-10(15)18-7-6-13(2)3/h9H,4-7H2,1-3H3,(H,12,14)(H,16,17)/p-1/t9-/m0/s1. The van der Waals surface area contributed by atoms with Crippen LogP contribution in [0.4, 0.5) is 0 Å². The number of aliphatic carboxylic acids is 1. The number of nitrogens with zero attached hydrogens (tertiary/aromatic N) is 1. The molecule has 7 heteroatoms. The van der Waals surface area contributed by atoms with Crippen molar-refractivity contribution in [1.29, 1.82) is 0 Å². The highest BCUT2D eigenvalue weighted by atomic mass is 16.5. The Morgan fingerprint density at radius 1 is 1.33 bits per heavy atom. The van der Waals surface area contributed by atoms with Crippen LogP contribution >= 0.6 is 0 Å². The molecule has 1 atom stereocenters. The molecule has 0 aromatic rings. The second kappa shape index (κ2) is 8.46. The molecule has 104 valence electrons. The third-order valence-electron chi connectivity index (χ3n) is 2.10. The smallest absolute Gasteiger partial charge is 0.305 e. The van der Waals surface area contributed by atoms with E-state index in [0.717, 1.165) is 0 Å². The fourth-order valence-electron chi connectivity index (χ4n) is 1.17. The zero-order valence-corrected chi connectivity index (χ0v) is 10.9. The molecule has 0 radical (unpaired) electrons. The van der Waals surface area contributed by atoms with Gasteiger partial charge in [0, 0.05) is 19.9 Å². The molecule has 1 amide bonds. The van der Waals surface area contributed by atoms with Crippen molar-refractivity contribution in [2.24, 2.45) is 0 Å². The maximum atomic E-state index is 11.3. The van der Waals surface area contributed by atoms with E-state index in [1.165, 1.54) is 6.92 Å². The lowest BCUT2D eigenvalue weighted by atomic mass is 10.1. The summed E-state index contributed by atoms with van der Waals surface area (Å²) < 4.78 is 4.88. The Hall–Kier alpha value is -1.63. The van der Waals surface area contributed by atoms with Gasteiger partial charge in [0.25, 0.3) is 0 Å². The van der Waals surface area contributed by atoms with E-state index in [0.29, 0.717) is 6.54 Å². The van der Waals surface area contributed by atoms with Crippen LogP contribution in [-0.4, -0.2) is 56.0 Å². The summed E-state index contributed by atoms with van der Waals surface area (Å²) in [4.78, 5) is 34.5. The van der Waals surface area contributed by atoms with Gasteiger partial charge in [0.05, 0.1) is 12.0 Å². The predicted molar refractivity (Wildman–Crippen MR) is 61.4 cm³/mol. The molecule has 0 fully saturated rings. The summed E-state index contributed by atoms with van der Waals surface area (Å²) in [5.74, 6) is -2.38. The molecule has 7 nitrogen and oxygen atoms in total. The van der Waals surface area contributed by atoms with Crippen molar-refractivity contribution >= 4 is 17.8 Å². The van der Waals surface area contributed by atoms with Crippen molar-refractivity contribution in [2.75, 3.05) is 27.2 Å². The van der Waals surface area contributed by atoms with E-state index in [-0.39, 0.29) is 19.4 Å². The SMILES string of the molecule is CC(=O)N[C@@H](CCC(=O)OCCN(C)C)C(=O)[O-]. The van der Waals surface area contributed by atoms with Gasteiger partial charge < -0.3 is 24.9 Å². The second-order valence-corrected chi connectivity index (χ2v) is 4.13. The summed E-state index contributed by atoms with van der Waals surface area (Å²) in [6.07, 6.45) is -0.116. The molecule has 0 spiro atoms. The van der Waals surface area contributed by atoms with Gasteiger partial charge in [-0.25, -0.2) is 0 Å². The number of likely N-dealkylation sites (N-methyl/N-ethyl adjacent to an activating group) is 1. The summed E-state index contributed by atoms with van der Waals surface area (Å²) >= 11 is 0. The molecule has 0 bridgehead atoms. The van der Waals surface area contributed by atoms with Crippen molar-refractivity contribution in [1.82, 2.24) is 10.2 Å². The van der Waals surface area contributed by atoms with E-state index in [4.69, 9.17) is 4.74 Å². The second-order valence-electron chi connectivity index (χ2n) is 4.13. The van der Waals surface area contributed by atoms with Crippen molar-refractivity contribution in [3.05, 3.63) is 0 Å². The summed E-state index contributed by atoms with van der Waals surface area (Å²) in [6.45, 7) is 2.05. The number of nitrogens with one attached hydrogen (secondary N) is 1. The fraction of sp³-hybridized carbons (Fsp3) is 0.727. The topological polar surface area (TPSA) is 98.8 Å². The van der Waals surface area contributed by atoms with E-state index < -0.39 is 23.9 Å². The molecule has 1 N–H and O–H groups in total. The van der Waals surface area contributed by atoms with Crippen LogP contribution in [-0.2, 0) is 19.1 Å². The molecular formula is C11H19N2O5-. The van der Waals surface area contributed by atoms with Gasteiger partial charge in [-0.15, -0.1) is 0 Å². The number of hydrogen-bond acceptors (Lipinski definition) is 6. The lowest BCUT2D eigenvalue weighted by Gasteiger charge is -2.18. The summed E-state index contributed by atoms with van der Waals surface area (Å²) in [6, 6.07) is -1.16. The summed E-state index contributed by atoms with van der Waals surface area (Å²) in [5.41, 5.74) is 0. The Morgan fingerprint density at radius 3 is 2.39 bits per heavy atom. The molecule has 0 unspecified atom stereocenters. The molecule has 0 aliphatic rings. The quantitative estimate of drug-likeness (QED) is 0.512. The molecule has 0 aliphatic carbocycles. The van der Waals surface area contributed by atoms with Gasteiger partial charge in [-0.2, -0.15) is 0 Å². The first-order valence-corrected chi connectivity index (χ1v) is 5.61. The number of esters is 1. The van der Waals surface area contributed by atoms with Crippen LogP contribution in [0.3, 0.4) is 0 Å². The van der Waals surface area contributed by atoms with E-state index >= 15 is 0 Å². The van der Waals surface area contributed by atoms with Crippen LogP contribution in [0, 0.1) is 0 Å². The number of carboxylic acids is 1. The monoisotopic (exact) mass is 259 g/mol. The number of hydrogen-bond donors (Lipinski definition) is 1. The molecule has 0 saturated carbocycles. The molecule has 18 heavy (non-hydrogen) atoms. The van der Waals surface area contributed by atoms with Gasteiger partial charge in [0.2, 0.25) is 5.91 Å². The van der Waals surface area contributed by atoms with Gasteiger partial charge in [-0.1, -0.05) is 0 Å². The van der Waals surface area contributed by atoms with Crippen molar-refractivity contribution in [3.8, 4) is 0 Å². The van der Waals surface area contributed by atoms with Gasteiger partial charge in [-0.05, 0) is 20.5 Å². The zero-order valence-electron chi connectivity index (χ0n) is 10.9. The van der Waals surface area contributed by atoms with E-state index in [1.807, 2.05) is 19.0 Å². The highest BCUT2D eigenvalue weighted by molar-refractivity contribution is 5.81. The number of amides is 1. The molecule has 0 rings (SSSR count). The largest absolute Gasteiger partial charge is 0.548 e. The number of ether oxygens (including phenoxy) is 1. The third kappa shape index (κ3) is 8.51. The summed E-state index contributed by atoms with van der Waals surface area (Å²) in [7, 11) is 3.69. The average molecular weight is 259 g/mol. The molecule has 0 aromatic carbocycles. The number of carbonyl (C=O) groups excluding carboxylic acids is 3. The van der Waals surface area contributed by atoms with E-state index in [1.54, 1.807) is 0 Å². The zero-order chi connectivity index (χ0) is 14.1. The van der Waals surface area contributed by atoms with Crippen LogP contribution < -0.4 is 10.4 Å². The average Bonchev–Trinajstić information content (AvgIpc) is 2.22. The molecule has 0 heterocycles. The third-order valence-corrected chi connectivity index (χ3v) is 2.10. The molecule has 0 saturated heterocycles. The Bertz CT molecular complexity index is 304. The first kappa shape index (κ1) is 16.4. The van der Waals surface area contributed by atoms with Crippen molar-refractivity contribution in [3.63, 3.8) is 0 Å². The maximum absolute atomic E-state index is 11.3. The Kier molecular flexibility index (Phi) is 7.69. The fourth-order valence-corrected chi connectivity index (χ4v) is 1.17. The summed E-state index contributed by atoms with van der Waals surface area (Å²) in [5, 5.41) is 12.9.